The molecule has 0 bridgehead atoms. The molecule has 32 heavy (non-hydrogen) atoms. The molecule has 0 saturated carbocycles. The van der Waals surface area contributed by atoms with Gasteiger partial charge in [-0.25, -0.2) is 0 Å². The molecule has 0 radical (unpaired) electrons. The van der Waals surface area contributed by atoms with Crippen molar-refractivity contribution in [1.29, 1.82) is 0 Å². The molecule has 0 aromatic heterocycles. The Balaban J connectivity index is 1.51. The van der Waals surface area contributed by atoms with Gasteiger partial charge in [-0.05, 0) is 95.4 Å². The molecule has 0 amide bonds. The zero-order chi connectivity index (χ0) is 23.4. The van der Waals surface area contributed by atoms with Crippen LogP contribution in [0.5, 0.6) is 5.75 Å². The maximum Gasteiger partial charge on any atom is 0.494 e. The topological polar surface area (TPSA) is 27.7 Å². The molecule has 0 spiro atoms. The highest BCUT2D eigenvalue weighted by atomic mass is 16.7. The van der Waals surface area contributed by atoms with E-state index in [0.29, 0.717) is 5.92 Å². The van der Waals surface area contributed by atoms with Crippen LogP contribution in [0.4, 0.5) is 0 Å². The van der Waals surface area contributed by atoms with Crippen LogP contribution in [0.15, 0.2) is 60.2 Å². The van der Waals surface area contributed by atoms with E-state index < -0.39 is 0 Å². The second-order valence-electron chi connectivity index (χ2n) is 10.3. The molecule has 0 N–H and O–H groups in total. The van der Waals surface area contributed by atoms with Crippen LogP contribution in [0.1, 0.15) is 67.7 Å². The lowest BCUT2D eigenvalue weighted by Crippen LogP contribution is -2.41. The number of allylic oxidation sites excluding steroid dienone is 2. The van der Waals surface area contributed by atoms with Gasteiger partial charge in [-0.1, -0.05) is 55.0 Å². The summed E-state index contributed by atoms with van der Waals surface area (Å²) in [6.45, 7) is 15.7. The summed E-state index contributed by atoms with van der Waals surface area (Å²) in [6.07, 6.45) is 5.78. The molecule has 1 aliphatic heterocycles. The second-order valence-corrected chi connectivity index (χ2v) is 10.3. The van der Waals surface area contributed by atoms with E-state index in [4.69, 9.17) is 14.0 Å². The molecule has 0 aliphatic carbocycles. The van der Waals surface area contributed by atoms with Gasteiger partial charge in [0.05, 0.1) is 17.8 Å². The summed E-state index contributed by atoms with van der Waals surface area (Å²) < 4.78 is 18.3. The van der Waals surface area contributed by atoms with Crippen LogP contribution < -0.4 is 10.2 Å². The van der Waals surface area contributed by atoms with Gasteiger partial charge in [-0.15, -0.1) is 0 Å². The fourth-order valence-electron chi connectivity index (χ4n) is 3.73. The third kappa shape index (κ3) is 6.27. The van der Waals surface area contributed by atoms with Crippen molar-refractivity contribution < 1.29 is 14.0 Å². The normalized spacial score (nSPS) is 17.8. The molecule has 1 fully saturated rings. The first-order valence-electron chi connectivity index (χ1n) is 11.9. The Morgan fingerprint density at radius 3 is 1.94 bits per heavy atom. The van der Waals surface area contributed by atoms with Crippen LogP contribution in [-0.2, 0) is 9.31 Å². The third-order valence-electron chi connectivity index (χ3n) is 6.72. The van der Waals surface area contributed by atoms with Gasteiger partial charge < -0.3 is 14.0 Å². The molecular weight excluding hydrogens is 395 g/mol. The van der Waals surface area contributed by atoms with Crippen molar-refractivity contribution in [2.75, 3.05) is 6.61 Å². The summed E-state index contributed by atoms with van der Waals surface area (Å²) in [5.74, 6) is 1.60. The summed E-state index contributed by atoms with van der Waals surface area (Å²) in [4.78, 5) is 0. The van der Waals surface area contributed by atoms with Gasteiger partial charge in [-0.3, -0.25) is 0 Å². The zero-order valence-electron chi connectivity index (χ0n) is 20.9. The Bertz CT molecular complexity index is 877. The SMILES string of the molecule is CC(C)=CCC[C@H](C)CCOc1ccc(-c2ccc(B3OC(C)(C)C(C)(C)O3)cc2)cc1. The van der Waals surface area contributed by atoms with Crippen molar-refractivity contribution in [1.82, 2.24) is 0 Å². The van der Waals surface area contributed by atoms with E-state index in [9.17, 15) is 0 Å². The van der Waals surface area contributed by atoms with E-state index in [1.807, 2.05) is 0 Å². The number of rotatable bonds is 9. The molecule has 1 aliphatic rings. The summed E-state index contributed by atoms with van der Waals surface area (Å²) in [6, 6.07) is 16.8. The molecule has 3 rings (SSSR count). The molecule has 0 unspecified atom stereocenters. The van der Waals surface area contributed by atoms with E-state index in [2.05, 4.69) is 103 Å². The summed E-state index contributed by atoms with van der Waals surface area (Å²) in [5.41, 5.74) is 4.14. The average molecular weight is 434 g/mol. The van der Waals surface area contributed by atoms with E-state index in [-0.39, 0.29) is 18.3 Å². The van der Waals surface area contributed by atoms with Gasteiger partial charge >= 0.3 is 7.12 Å². The summed E-state index contributed by atoms with van der Waals surface area (Å²) in [7, 11) is -0.325. The van der Waals surface area contributed by atoms with Gasteiger partial charge in [0, 0.05) is 0 Å². The Morgan fingerprint density at radius 2 is 1.41 bits per heavy atom. The first kappa shape index (κ1) is 24.6. The molecule has 4 heteroatoms. The van der Waals surface area contributed by atoms with E-state index >= 15 is 0 Å². The predicted octanol–water partition coefficient (Wildman–Crippen LogP) is 6.80. The number of benzene rings is 2. The van der Waals surface area contributed by atoms with E-state index in [1.165, 1.54) is 23.1 Å². The molecule has 2 aromatic rings. The Morgan fingerprint density at radius 1 is 0.875 bits per heavy atom. The average Bonchev–Trinajstić information content (AvgIpc) is 2.95. The van der Waals surface area contributed by atoms with Crippen LogP contribution in [0.25, 0.3) is 11.1 Å². The van der Waals surface area contributed by atoms with Gasteiger partial charge in [0.1, 0.15) is 5.75 Å². The van der Waals surface area contributed by atoms with Crippen molar-refractivity contribution in [2.45, 2.75) is 78.9 Å². The van der Waals surface area contributed by atoms with E-state index in [0.717, 1.165) is 30.7 Å². The smallest absolute Gasteiger partial charge is 0.494 e. The highest BCUT2D eigenvalue weighted by molar-refractivity contribution is 6.62. The maximum atomic E-state index is 6.16. The van der Waals surface area contributed by atoms with Gasteiger partial charge in [0.2, 0.25) is 0 Å². The lowest BCUT2D eigenvalue weighted by molar-refractivity contribution is 0.00578. The molecule has 172 valence electrons. The van der Waals surface area contributed by atoms with Gasteiger partial charge in [0.25, 0.3) is 0 Å². The monoisotopic (exact) mass is 434 g/mol. The molecule has 2 aromatic carbocycles. The van der Waals surface area contributed by atoms with Crippen LogP contribution in [0.2, 0.25) is 0 Å². The number of hydrogen-bond acceptors (Lipinski definition) is 3. The highest BCUT2D eigenvalue weighted by Crippen LogP contribution is 2.36. The minimum Gasteiger partial charge on any atom is -0.494 e. The van der Waals surface area contributed by atoms with Crippen molar-refractivity contribution in [3.63, 3.8) is 0 Å². The first-order chi connectivity index (χ1) is 15.1. The molecule has 1 heterocycles. The molecule has 3 nitrogen and oxygen atoms in total. The van der Waals surface area contributed by atoms with Crippen LogP contribution in [0, 0.1) is 5.92 Å². The van der Waals surface area contributed by atoms with Crippen molar-refractivity contribution >= 4 is 12.6 Å². The van der Waals surface area contributed by atoms with Crippen LogP contribution in [0.3, 0.4) is 0 Å². The van der Waals surface area contributed by atoms with Crippen molar-refractivity contribution in [3.05, 3.63) is 60.2 Å². The lowest BCUT2D eigenvalue weighted by atomic mass is 9.78. The fourth-order valence-corrected chi connectivity index (χ4v) is 3.73. The molecule has 1 saturated heterocycles. The quantitative estimate of drug-likeness (QED) is 0.321. The maximum absolute atomic E-state index is 6.16. The Kier molecular flexibility index (Phi) is 7.90. The Labute approximate surface area is 195 Å². The third-order valence-corrected chi connectivity index (χ3v) is 6.72. The Hall–Kier alpha value is -2.04. The standard InChI is InChI=1S/C28H39BO3/c1-21(2)9-8-10-22(3)19-20-30-26-17-13-24(14-18-26)23-11-15-25(16-12-23)29-31-27(4,5)28(6,7)32-29/h9,11-18,22H,8,10,19-20H2,1-7H3/t22-/m0/s1. The largest absolute Gasteiger partial charge is 0.494 e. The minimum absolute atomic E-state index is 0.324. The summed E-state index contributed by atoms with van der Waals surface area (Å²) >= 11 is 0. The van der Waals surface area contributed by atoms with Crippen LogP contribution >= 0.6 is 0 Å². The van der Waals surface area contributed by atoms with Crippen molar-refractivity contribution in [3.8, 4) is 16.9 Å². The fraction of sp³-hybridized carbons (Fsp3) is 0.500. The van der Waals surface area contributed by atoms with Crippen LogP contribution in [-0.4, -0.2) is 24.9 Å². The zero-order valence-corrected chi connectivity index (χ0v) is 20.9. The minimum atomic E-state index is -0.325. The molecular formula is C28H39BO3. The summed E-state index contributed by atoms with van der Waals surface area (Å²) in [5, 5.41) is 0. The first-order valence-corrected chi connectivity index (χ1v) is 11.9. The highest BCUT2D eigenvalue weighted by Gasteiger charge is 2.51. The van der Waals surface area contributed by atoms with Gasteiger partial charge in [0.15, 0.2) is 0 Å². The lowest BCUT2D eigenvalue weighted by Gasteiger charge is -2.32. The second kappa shape index (κ2) is 10.3. The number of ether oxygens (including phenoxy) is 1. The number of hydrogen-bond donors (Lipinski definition) is 0. The predicted molar refractivity (Wildman–Crippen MR) is 136 cm³/mol. The van der Waals surface area contributed by atoms with Crippen molar-refractivity contribution in [2.24, 2.45) is 5.92 Å². The molecule has 1 atom stereocenters. The van der Waals surface area contributed by atoms with Gasteiger partial charge in [-0.2, -0.15) is 0 Å². The van der Waals surface area contributed by atoms with E-state index in [1.54, 1.807) is 0 Å².